The third-order valence-corrected chi connectivity index (χ3v) is 5.01. The molecular weight excluding hydrogens is 356 g/mol. The smallest absolute Gasteiger partial charge is 0.333 e. The van der Waals surface area contributed by atoms with E-state index in [-0.39, 0.29) is 24.0 Å². The highest BCUT2D eigenvalue weighted by Crippen LogP contribution is 2.24. The largest absolute Gasteiger partial charge is 0.354 e. The zero-order valence-electron chi connectivity index (χ0n) is 16.5. The molecule has 150 valence electrons. The van der Waals surface area contributed by atoms with Crippen LogP contribution in [0.15, 0.2) is 35.1 Å². The Bertz CT molecular complexity index is 954. The van der Waals surface area contributed by atoms with Crippen molar-refractivity contribution >= 4 is 28.5 Å². The van der Waals surface area contributed by atoms with Crippen LogP contribution in [0.2, 0.25) is 0 Å². The Balaban J connectivity index is 1.84. The van der Waals surface area contributed by atoms with E-state index < -0.39 is 6.04 Å². The predicted molar refractivity (Wildman–Crippen MR) is 110 cm³/mol. The zero-order valence-corrected chi connectivity index (χ0v) is 16.5. The number of hydrogen-bond donors (Lipinski definition) is 2. The van der Waals surface area contributed by atoms with E-state index in [1.54, 1.807) is 11.5 Å². The molecule has 1 atom stereocenters. The average Bonchev–Trinajstić information content (AvgIpc) is 2.98. The summed E-state index contributed by atoms with van der Waals surface area (Å²) < 4.78 is 3.20. The van der Waals surface area contributed by atoms with Crippen molar-refractivity contribution in [2.24, 2.45) is 0 Å². The van der Waals surface area contributed by atoms with Crippen LogP contribution in [-0.2, 0) is 16.1 Å². The number of carbonyl (C=O) groups excluding carboxylic acids is 2. The first kappa shape index (κ1) is 19.9. The first-order chi connectivity index (χ1) is 13.5. The number of amides is 2. The molecule has 28 heavy (non-hydrogen) atoms. The number of aromatic nitrogens is 2. The van der Waals surface area contributed by atoms with Gasteiger partial charge in [-0.25, -0.2) is 4.79 Å². The van der Waals surface area contributed by atoms with Gasteiger partial charge in [-0.05, 0) is 51.2 Å². The van der Waals surface area contributed by atoms with Crippen LogP contribution in [0.4, 0.5) is 0 Å². The van der Waals surface area contributed by atoms with E-state index >= 15 is 0 Å². The topological polar surface area (TPSA) is 85.1 Å². The fraction of sp³-hybridized carbons (Fsp3) is 0.476. The summed E-state index contributed by atoms with van der Waals surface area (Å²) in [5, 5.41) is 5.44. The van der Waals surface area contributed by atoms with Crippen LogP contribution >= 0.6 is 0 Å². The Morgan fingerprint density at radius 3 is 2.61 bits per heavy atom. The molecule has 0 saturated heterocycles. The molecule has 2 amide bonds. The number of carbonyl (C=O) groups is 2. The van der Waals surface area contributed by atoms with Gasteiger partial charge in [-0.15, -0.1) is 0 Å². The summed E-state index contributed by atoms with van der Waals surface area (Å²) in [7, 11) is 0. The number of allylic oxidation sites excluding steroid dienone is 2. The van der Waals surface area contributed by atoms with Crippen LogP contribution in [0.3, 0.4) is 0 Å². The molecule has 1 aromatic carbocycles. The van der Waals surface area contributed by atoms with Crippen molar-refractivity contribution in [3.8, 4) is 0 Å². The molecule has 3 rings (SSSR count). The average molecular weight is 384 g/mol. The first-order valence-electron chi connectivity index (χ1n) is 9.99. The number of para-hydroxylation sites is 2. The van der Waals surface area contributed by atoms with Crippen molar-refractivity contribution in [1.29, 1.82) is 0 Å². The lowest BCUT2D eigenvalue weighted by atomic mass is 10.0. The highest BCUT2D eigenvalue weighted by Gasteiger charge is 2.20. The van der Waals surface area contributed by atoms with Gasteiger partial charge in [-0.3, -0.25) is 18.7 Å². The second kappa shape index (κ2) is 8.91. The number of benzene rings is 1. The van der Waals surface area contributed by atoms with Crippen molar-refractivity contribution in [3.63, 3.8) is 0 Å². The van der Waals surface area contributed by atoms with E-state index in [1.807, 2.05) is 31.2 Å². The van der Waals surface area contributed by atoms with Gasteiger partial charge in [0.05, 0.1) is 11.0 Å². The minimum atomic E-state index is -0.649. The summed E-state index contributed by atoms with van der Waals surface area (Å²) in [5.74, 6) is -0.584. The van der Waals surface area contributed by atoms with Gasteiger partial charge in [0, 0.05) is 12.2 Å². The lowest BCUT2D eigenvalue weighted by Gasteiger charge is -2.14. The summed E-state index contributed by atoms with van der Waals surface area (Å²) in [6, 6.07) is 6.86. The monoisotopic (exact) mass is 384 g/mol. The summed E-state index contributed by atoms with van der Waals surface area (Å²) in [6.45, 7) is 4.06. The molecule has 1 heterocycles. The molecule has 0 spiro atoms. The van der Waals surface area contributed by atoms with Crippen LogP contribution in [0.25, 0.3) is 16.7 Å². The van der Waals surface area contributed by atoms with Gasteiger partial charge < -0.3 is 10.6 Å². The van der Waals surface area contributed by atoms with Crippen LogP contribution < -0.4 is 16.3 Å². The van der Waals surface area contributed by atoms with Crippen molar-refractivity contribution < 1.29 is 9.59 Å². The minimum absolute atomic E-state index is 0.120. The van der Waals surface area contributed by atoms with E-state index in [9.17, 15) is 14.4 Å². The molecule has 2 N–H and O–H groups in total. The molecule has 0 fully saturated rings. The maximum absolute atomic E-state index is 13.1. The van der Waals surface area contributed by atoms with Crippen LogP contribution in [-0.4, -0.2) is 33.5 Å². The molecule has 7 nitrogen and oxygen atoms in total. The molecular formula is C21H28N4O3. The Kier molecular flexibility index (Phi) is 6.34. The maximum atomic E-state index is 13.1. The van der Waals surface area contributed by atoms with Crippen LogP contribution in [0.1, 0.15) is 46.0 Å². The molecule has 0 saturated carbocycles. The summed E-state index contributed by atoms with van der Waals surface area (Å²) in [4.78, 5) is 37.6. The van der Waals surface area contributed by atoms with Gasteiger partial charge in [-0.2, -0.15) is 0 Å². The van der Waals surface area contributed by atoms with Gasteiger partial charge in [0.2, 0.25) is 11.8 Å². The summed E-state index contributed by atoms with van der Waals surface area (Å²) >= 11 is 0. The lowest BCUT2D eigenvalue weighted by Crippen LogP contribution is -2.46. The van der Waals surface area contributed by atoms with Gasteiger partial charge in [0.1, 0.15) is 12.6 Å². The Morgan fingerprint density at radius 2 is 1.93 bits per heavy atom. The predicted octanol–water partition coefficient (Wildman–Crippen LogP) is 2.25. The summed E-state index contributed by atoms with van der Waals surface area (Å²) in [6.07, 6.45) is 6.96. The van der Waals surface area contributed by atoms with Gasteiger partial charge in [-0.1, -0.05) is 25.1 Å². The molecule has 0 bridgehead atoms. The third kappa shape index (κ3) is 4.18. The molecule has 0 aliphatic heterocycles. The van der Waals surface area contributed by atoms with E-state index in [0.717, 1.165) is 48.8 Å². The minimum Gasteiger partial charge on any atom is -0.354 e. The fourth-order valence-electron chi connectivity index (χ4n) is 3.56. The first-order valence-corrected chi connectivity index (χ1v) is 9.99. The van der Waals surface area contributed by atoms with E-state index in [2.05, 4.69) is 16.7 Å². The highest BCUT2D eigenvalue weighted by molar-refractivity contribution is 5.88. The molecule has 1 aliphatic carbocycles. The second-order valence-corrected chi connectivity index (χ2v) is 7.21. The van der Waals surface area contributed by atoms with Crippen LogP contribution in [0.5, 0.6) is 0 Å². The van der Waals surface area contributed by atoms with Gasteiger partial charge in [0.25, 0.3) is 0 Å². The maximum Gasteiger partial charge on any atom is 0.333 e. The Hall–Kier alpha value is -2.83. The van der Waals surface area contributed by atoms with Gasteiger partial charge in [0.15, 0.2) is 0 Å². The van der Waals surface area contributed by atoms with Crippen molar-refractivity contribution in [2.75, 3.05) is 6.54 Å². The fourth-order valence-corrected chi connectivity index (χ4v) is 3.56. The van der Waals surface area contributed by atoms with Crippen molar-refractivity contribution in [1.82, 2.24) is 19.8 Å². The van der Waals surface area contributed by atoms with Gasteiger partial charge >= 0.3 is 5.69 Å². The SMILES string of the molecule is CCCNC(=O)[C@H](C)NC(=O)Cn1c(=O)n(C2=CCCCC2)c2ccccc21. The Morgan fingerprint density at radius 1 is 1.18 bits per heavy atom. The van der Waals surface area contributed by atoms with Crippen molar-refractivity contribution in [3.05, 3.63) is 40.8 Å². The lowest BCUT2D eigenvalue weighted by molar-refractivity contribution is -0.128. The normalized spacial score (nSPS) is 15.1. The molecule has 0 radical (unpaired) electrons. The van der Waals surface area contributed by atoms with E-state index in [4.69, 9.17) is 0 Å². The standard InChI is InChI=1S/C21H28N4O3/c1-3-13-22-20(27)15(2)23-19(26)14-24-17-11-7-8-12-18(17)25(21(24)28)16-9-5-4-6-10-16/h7-9,11-12,15H,3-6,10,13-14H2,1-2H3,(H,22,27)(H,23,26)/t15-/m0/s1. The van der Waals surface area contributed by atoms with E-state index in [1.165, 1.54) is 4.57 Å². The number of nitrogens with one attached hydrogen (secondary N) is 2. The molecule has 7 heteroatoms. The number of imidazole rings is 1. The molecule has 0 unspecified atom stereocenters. The third-order valence-electron chi connectivity index (χ3n) is 5.01. The van der Waals surface area contributed by atoms with E-state index in [0.29, 0.717) is 6.54 Å². The summed E-state index contributed by atoms with van der Waals surface area (Å²) in [5.41, 5.74) is 2.31. The number of nitrogens with zero attached hydrogens (tertiary/aromatic N) is 2. The molecule has 2 aromatic rings. The quantitative estimate of drug-likeness (QED) is 0.768. The number of hydrogen-bond acceptors (Lipinski definition) is 3. The molecule has 1 aliphatic rings. The van der Waals surface area contributed by atoms with Crippen LogP contribution in [0, 0.1) is 0 Å². The highest BCUT2D eigenvalue weighted by atomic mass is 16.2. The Labute approximate surface area is 164 Å². The van der Waals surface area contributed by atoms with Crippen molar-refractivity contribution in [2.45, 2.75) is 58.5 Å². The second-order valence-electron chi connectivity index (χ2n) is 7.21. The molecule has 1 aromatic heterocycles. The zero-order chi connectivity index (χ0) is 20.1. The number of fused-ring (bicyclic) bond motifs is 1. The number of rotatable bonds is 7.